The van der Waals surface area contributed by atoms with Gasteiger partial charge in [-0.2, -0.15) is 0 Å². The first-order chi connectivity index (χ1) is 11.4. The van der Waals surface area contributed by atoms with Crippen molar-refractivity contribution in [2.75, 3.05) is 17.7 Å². The molecule has 0 aliphatic rings. The monoisotopic (exact) mass is 346 g/mol. The summed E-state index contributed by atoms with van der Waals surface area (Å²) in [5.41, 5.74) is 8.25. The van der Waals surface area contributed by atoms with Crippen LogP contribution in [0.25, 0.3) is 0 Å². The highest BCUT2D eigenvalue weighted by Crippen LogP contribution is 2.24. The molecule has 0 fully saturated rings. The number of hydrogen-bond acceptors (Lipinski definition) is 4. The van der Waals surface area contributed by atoms with Gasteiger partial charge in [-0.25, -0.2) is 0 Å². The zero-order chi connectivity index (χ0) is 17.7. The molecule has 6 heteroatoms. The SMILES string of the molecule is CCC(=O)c1ccc(OCC(=O)Nc2cc(Cl)ccc2C)c(N)c1. The Morgan fingerprint density at radius 2 is 1.96 bits per heavy atom. The van der Waals surface area contributed by atoms with Crippen LogP contribution in [0.2, 0.25) is 5.02 Å². The average molecular weight is 347 g/mol. The molecule has 3 N–H and O–H groups in total. The van der Waals surface area contributed by atoms with Gasteiger partial charge in [0.1, 0.15) is 5.75 Å². The van der Waals surface area contributed by atoms with Crippen molar-refractivity contribution >= 4 is 34.7 Å². The molecule has 2 rings (SSSR count). The number of rotatable bonds is 6. The molecule has 0 unspecified atom stereocenters. The minimum atomic E-state index is -0.325. The van der Waals surface area contributed by atoms with Crippen LogP contribution in [-0.4, -0.2) is 18.3 Å². The van der Waals surface area contributed by atoms with Crippen molar-refractivity contribution in [2.45, 2.75) is 20.3 Å². The second-order valence-corrected chi connectivity index (χ2v) is 5.76. The van der Waals surface area contributed by atoms with Gasteiger partial charge in [0.15, 0.2) is 12.4 Å². The molecule has 0 saturated carbocycles. The summed E-state index contributed by atoms with van der Waals surface area (Å²) in [6.45, 7) is 3.45. The van der Waals surface area contributed by atoms with Gasteiger partial charge in [-0.1, -0.05) is 24.6 Å². The van der Waals surface area contributed by atoms with Crippen molar-refractivity contribution in [2.24, 2.45) is 0 Å². The number of Topliss-reactive ketones (excluding diaryl/α,β-unsaturated/α-hetero) is 1. The largest absolute Gasteiger partial charge is 0.482 e. The number of nitrogen functional groups attached to an aromatic ring is 1. The molecule has 5 nitrogen and oxygen atoms in total. The predicted molar refractivity (Wildman–Crippen MR) is 95.8 cm³/mol. The van der Waals surface area contributed by atoms with E-state index in [1.807, 2.05) is 13.0 Å². The Bertz CT molecular complexity index is 775. The molecule has 1 amide bonds. The second kappa shape index (κ2) is 7.84. The number of nitrogens with one attached hydrogen (secondary N) is 1. The van der Waals surface area contributed by atoms with Crippen LogP contribution in [0.3, 0.4) is 0 Å². The maximum absolute atomic E-state index is 12.0. The van der Waals surface area contributed by atoms with Gasteiger partial charge in [0.05, 0.1) is 5.69 Å². The van der Waals surface area contributed by atoms with Crippen molar-refractivity contribution in [3.05, 3.63) is 52.5 Å². The minimum absolute atomic E-state index is 0.00224. The van der Waals surface area contributed by atoms with Crippen LogP contribution in [0.4, 0.5) is 11.4 Å². The number of aryl methyl sites for hydroxylation is 1. The van der Waals surface area contributed by atoms with E-state index in [1.54, 1.807) is 37.3 Å². The van der Waals surface area contributed by atoms with E-state index in [-0.39, 0.29) is 18.3 Å². The van der Waals surface area contributed by atoms with Crippen molar-refractivity contribution in [3.8, 4) is 5.75 Å². The highest BCUT2D eigenvalue weighted by atomic mass is 35.5. The zero-order valence-electron chi connectivity index (χ0n) is 13.6. The average Bonchev–Trinajstić information content (AvgIpc) is 2.56. The molecule has 0 bridgehead atoms. The molecule has 0 aliphatic carbocycles. The predicted octanol–water partition coefficient (Wildman–Crippen LogP) is 3.84. The van der Waals surface area contributed by atoms with Crippen LogP contribution in [0.1, 0.15) is 29.3 Å². The number of carbonyl (C=O) groups excluding carboxylic acids is 2. The van der Waals surface area contributed by atoms with Gasteiger partial charge in [0, 0.05) is 22.7 Å². The molecule has 0 radical (unpaired) electrons. The van der Waals surface area contributed by atoms with Crippen LogP contribution in [0.5, 0.6) is 5.75 Å². The number of carbonyl (C=O) groups is 2. The number of ether oxygens (including phenoxy) is 1. The smallest absolute Gasteiger partial charge is 0.262 e. The van der Waals surface area contributed by atoms with Crippen LogP contribution in [0.15, 0.2) is 36.4 Å². The Kier molecular flexibility index (Phi) is 5.82. The third kappa shape index (κ3) is 4.49. The van der Waals surface area contributed by atoms with Crippen LogP contribution >= 0.6 is 11.6 Å². The summed E-state index contributed by atoms with van der Waals surface area (Å²) in [6.07, 6.45) is 0.404. The first kappa shape index (κ1) is 17.8. The lowest BCUT2D eigenvalue weighted by Gasteiger charge is -2.12. The van der Waals surface area contributed by atoms with E-state index in [1.165, 1.54) is 0 Å². The van der Waals surface area contributed by atoms with Gasteiger partial charge < -0.3 is 15.8 Å². The Morgan fingerprint density at radius 1 is 1.21 bits per heavy atom. The molecule has 0 saturated heterocycles. The Morgan fingerprint density at radius 3 is 2.62 bits per heavy atom. The summed E-state index contributed by atoms with van der Waals surface area (Å²) in [4.78, 5) is 23.6. The van der Waals surface area contributed by atoms with Crippen LogP contribution < -0.4 is 15.8 Å². The number of anilines is 2. The van der Waals surface area contributed by atoms with Gasteiger partial charge in [0.25, 0.3) is 5.91 Å². The lowest BCUT2D eigenvalue weighted by atomic mass is 10.1. The molecule has 126 valence electrons. The Labute approximate surface area is 145 Å². The number of hydrogen-bond donors (Lipinski definition) is 2. The summed E-state index contributed by atoms with van der Waals surface area (Å²) in [5, 5.41) is 3.28. The molecule has 0 atom stereocenters. The summed E-state index contributed by atoms with van der Waals surface area (Å²) in [5.74, 6) is 0.0384. The third-order valence-electron chi connectivity index (χ3n) is 3.49. The lowest BCUT2D eigenvalue weighted by Crippen LogP contribution is -2.21. The second-order valence-electron chi connectivity index (χ2n) is 5.33. The molecule has 0 aromatic heterocycles. The minimum Gasteiger partial charge on any atom is -0.482 e. The number of benzene rings is 2. The van der Waals surface area contributed by atoms with E-state index >= 15 is 0 Å². The molecule has 0 aliphatic heterocycles. The summed E-state index contributed by atoms with van der Waals surface area (Å²) >= 11 is 5.92. The quantitative estimate of drug-likeness (QED) is 0.615. The topological polar surface area (TPSA) is 81.4 Å². The molecule has 24 heavy (non-hydrogen) atoms. The molecule has 2 aromatic rings. The van der Waals surface area contributed by atoms with E-state index < -0.39 is 0 Å². The van der Waals surface area contributed by atoms with Gasteiger partial charge in [0.2, 0.25) is 0 Å². The van der Waals surface area contributed by atoms with E-state index in [0.29, 0.717) is 34.1 Å². The number of nitrogens with two attached hydrogens (primary N) is 1. The lowest BCUT2D eigenvalue weighted by molar-refractivity contribution is -0.118. The summed E-state index contributed by atoms with van der Waals surface area (Å²) in [7, 11) is 0. The fraction of sp³-hybridized carbons (Fsp3) is 0.222. The maximum Gasteiger partial charge on any atom is 0.262 e. The van der Waals surface area contributed by atoms with Crippen molar-refractivity contribution < 1.29 is 14.3 Å². The highest BCUT2D eigenvalue weighted by molar-refractivity contribution is 6.31. The molecular weight excluding hydrogens is 328 g/mol. The summed E-state index contributed by atoms with van der Waals surface area (Å²) < 4.78 is 5.43. The van der Waals surface area contributed by atoms with E-state index in [4.69, 9.17) is 22.1 Å². The normalized spacial score (nSPS) is 10.3. The zero-order valence-corrected chi connectivity index (χ0v) is 14.3. The van der Waals surface area contributed by atoms with Crippen molar-refractivity contribution in [1.82, 2.24) is 0 Å². The van der Waals surface area contributed by atoms with E-state index in [9.17, 15) is 9.59 Å². The molecular formula is C18H19ClN2O3. The Balaban J connectivity index is 1.99. The van der Waals surface area contributed by atoms with Gasteiger partial charge in [-0.15, -0.1) is 0 Å². The number of ketones is 1. The van der Waals surface area contributed by atoms with Crippen LogP contribution in [0, 0.1) is 6.92 Å². The third-order valence-corrected chi connectivity index (χ3v) is 3.72. The van der Waals surface area contributed by atoms with Crippen molar-refractivity contribution in [1.29, 1.82) is 0 Å². The van der Waals surface area contributed by atoms with Gasteiger partial charge in [-0.3, -0.25) is 9.59 Å². The molecule has 0 spiro atoms. The van der Waals surface area contributed by atoms with E-state index in [0.717, 1.165) is 5.56 Å². The van der Waals surface area contributed by atoms with Crippen LogP contribution in [-0.2, 0) is 4.79 Å². The number of halogens is 1. The van der Waals surface area contributed by atoms with Gasteiger partial charge >= 0.3 is 0 Å². The first-order valence-electron chi connectivity index (χ1n) is 7.52. The summed E-state index contributed by atoms with van der Waals surface area (Å²) in [6, 6.07) is 10.0. The van der Waals surface area contributed by atoms with E-state index in [2.05, 4.69) is 5.32 Å². The number of amides is 1. The van der Waals surface area contributed by atoms with Crippen molar-refractivity contribution in [3.63, 3.8) is 0 Å². The maximum atomic E-state index is 12.0. The fourth-order valence-corrected chi connectivity index (χ4v) is 2.29. The molecule has 2 aromatic carbocycles. The molecule has 0 heterocycles. The Hall–Kier alpha value is -2.53. The highest BCUT2D eigenvalue weighted by Gasteiger charge is 2.10. The van der Waals surface area contributed by atoms with Gasteiger partial charge in [-0.05, 0) is 42.8 Å². The standard InChI is InChI=1S/C18H19ClN2O3/c1-3-16(22)12-5-7-17(14(20)8-12)24-10-18(23)21-15-9-13(19)6-4-11(15)2/h4-9H,3,10,20H2,1-2H3,(H,21,23). The first-order valence-corrected chi connectivity index (χ1v) is 7.90. The fourth-order valence-electron chi connectivity index (χ4n) is 2.12.